The van der Waals surface area contributed by atoms with E-state index in [1.807, 2.05) is 43.3 Å². The van der Waals surface area contributed by atoms with Gasteiger partial charge >= 0.3 is 5.97 Å². The van der Waals surface area contributed by atoms with E-state index >= 15 is 0 Å². The monoisotopic (exact) mass is 543 g/mol. The number of para-hydroxylation sites is 1. The summed E-state index contributed by atoms with van der Waals surface area (Å²) in [4.78, 5) is 22.3. The first-order chi connectivity index (χ1) is 18.9. The lowest BCUT2D eigenvalue weighted by atomic mass is 10.1. The zero-order chi connectivity index (χ0) is 27.7. The zero-order valence-electron chi connectivity index (χ0n) is 21.1. The van der Waals surface area contributed by atoms with E-state index in [4.69, 9.17) is 19.0 Å². The van der Waals surface area contributed by atoms with E-state index in [1.54, 1.807) is 18.3 Å². The van der Waals surface area contributed by atoms with E-state index in [0.29, 0.717) is 11.1 Å². The van der Waals surface area contributed by atoms with Crippen molar-refractivity contribution in [2.75, 3.05) is 13.2 Å². The van der Waals surface area contributed by atoms with Crippen LogP contribution in [0.2, 0.25) is 0 Å². The van der Waals surface area contributed by atoms with Gasteiger partial charge in [-0.1, -0.05) is 47.1 Å². The third kappa shape index (κ3) is 7.47. The van der Waals surface area contributed by atoms with Crippen molar-refractivity contribution in [1.29, 1.82) is 5.26 Å². The summed E-state index contributed by atoms with van der Waals surface area (Å²) < 4.78 is 35.9. The fourth-order valence-corrected chi connectivity index (χ4v) is 4.49. The summed E-state index contributed by atoms with van der Waals surface area (Å²) >= 11 is 0. The van der Waals surface area contributed by atoms with Crippen molar-refractivity contribution in [2.45, 2.75) is 24.3 Å². The summed E-state index contributed by atoms with van der Waals surface area (Å²) in [7, 11) is -4.05. The highest BCUT2D eigenvalue weighted by atomic mass is 32.2. The molecule has 0 fully saturated rings. The predicted octanol–water partition coefficient (Wildman–Crippen LogP) is 4.79. The minimum Gasteiger partial charge on any atom is -0.462 e. The number of oxime groups is 1. The SMILES string of the molecule is Cc1ccc(S(=O)(=O)OCC(CCOC(=O)c2ccc(C#N)cc2)O/N=C/c2cccc3cccnc23)cc1. The van der Waals surface area contributed by atoms with Gasteiger partial charge in [0.05, 0.1) is 40.4 Å². The Balaban J connectivity index is 1.43. The van der Waals surface area contributed by atoms with E-state index in [1.165, 1.54) is 42.6 Å². The zero-order valence-corrected chi connectivity index (χ0v) is 21.9. The van der Waals surface area contributed by atoms with Crippen molar-refractivity contribution < 1.29 is 27.0 Å². The molecule has 1 unspecified atom stereocenters. The molecule has 10 heteroatoms. The van der Waals surface area contributed by atoms with Crippen LogP contribution in [0.25, 0.3) is 10.9 Å². The normalized spacial score (nSPS) is 12.2. The Kier molecular flexibility index (Phi) is 8.99. The molecule has 0 N–H and O–H groups in total. The van der Waals surface area contributed by atoms with Crippen LogP contribution in [0.3, 0.4) is 0 Å². The number of hydrogen-bond donors (Lipinski definition) is 0. The summed E-state index contributed by atoms with van der Waals surface area (Å²) in [5.74, 6) is -0.586. The lowest BCUT2D eigenvalue weighted by Gasteiger charge is -2.15. The minimum atomic E-state index is -4.05. The van der Waals surface area contributed by atoms with Gasteiger partial charge in [-0.25, -0.2) is 4.79 Å². The van der Waals surface area contributed by atoms with Crippen LogP contribution in [-0.2, 0) is 23.9 Å². The van der Waals surface area contributed by atoms with Crippen molar-refractivity contribution in [3.05, 3.63) is 107 Å². The lowest BCUT2D eigenvalue weighted by molar-refractivity contribution is 0.00285. The number of fused-ring (bicyclic) bond motifs is 1. The first kappa shape index (κ1) is 27.4. The van der Waals surface area contributed by atoms with Gasteiger partial charge in [0.1, 0.15) is 6.61 Å². The Morgan fingerprint density at radius 1 is 1.05 bits per heavy atom. The number of aromatic nitrogens is 1. The second-order valence-corrected chi connectivity index (χ2v) is 10.2. The van der Waals surface area contributed by atoms with Crippen molar-refractivity contribution in [1.82, 2.24) is 4.98 Å². The maximum Gasteiger partial charge on any atom is 0.338 e. The summed E-state index contributed by atoms with van der Waals surface area (Å²) in [5, 5.41) is 13.9. The number of nitrogens with zero attached hydrogens (tertiary/aromatic N) is 3. The average molecular weight is 544 g/mol. The first-order valence-electron chi connectivity index (χ1n) is 12.0. The highest BCUT2D eigenvalue weighted by Crippen LogP contribution is 2.17. The molecular formula is C29H25N3O6S. The van der Waals surface area contributed by atoms with Crippen LogP contribution < -0.4 is 0 Å². The maximum absolute atomic E-state index is 12.7. The van der Waals surface area contributed by atoms with Gasteiger partial charge in [-0.3, -0.25) is 9.17 Å². The third-order valence-corrected chi connectivity index (χ3v) is 7.00. The average Bonchev–Trinajstić information content (AvgIpc) is 2.96. The Bertz CT molecular complexity index is 1610. The van der Waals surface area contributed by atoms with E-state index in [9.17, 15) is 13.2 Å². The topological polar surface area (TPSA) is 128 Å². The van der Waals surface area contributed by atoms with Crippen LogP contribution in [0.1, 0.15) is 33.5 Å². The fourth-order valence-electron chi connectivity index (χ4n) is 3.56. The molecule has 4 rings (SSSR count). The molecular weight excluding hydrogens is 518 g/mol. The van der Waals surface area contributed by atoms with E-state index < -0.39 is 22.2 Å². The highest BCUT2D eigenvalue weighted by molar-refractivity contribution is 7.86. The van der Waals surface area contributed by atoms with Crippen molar-refractivity contribution in [3.63, 3.8) is 0 Å². The molecule has 4 aromatic rings. The number of hydrogen-bond acceptors (Lipinski definition) is 9. The van der Waals surface area contributed by atoms with Crippen LogP contribution >= 0.6 is 0 Å². The molecule has 1 atom stereocenters. The molecule has 0 radical (unpaired) electrons. The largest absolute Gasteiger partial charge is 0.462 e. The molecule has 1 aromatic heterocycles. The molecule has 0 bridgehead atoms. The van der Waals surface area contributed by atoms with Crippen LogP contribution in [0.4, 0.5) is 0 Å². The van der Waals surface area contributed by atoms with Gasteiger partial charge in [0.15, 0.2) is 6.10 Å². The molecule has 39 heavy (non-hydrogen) atoms. The predicted molar refractivity (Wildman–Crippen MR) is 145 cm³/mol. The molecule has 0 aliphatic rings. The standard InChI is InChI=1S/C29H25N3O6S/c1-21-7-13-27(14-8-21)39(34,35)37-20-26(15-17-36-29(33)24-11-9-22(18-30)10-12-24)38-32-19-25-5-2-4-23-6-3-16-31-28(23)25/h2-14,16,19,26H,15,17,20H2,1H3/b32-19+. The summed E-state index contributed by atoms with van der Waals surface area (Å²) in [6.45, 7) is 1.42. The molecule has 0 spiro atoms. The van der Waals surface area contributed by atoms with Gasteiger partial charge in [0.2, 0.25) is 0 Å². The molecule has 0 aliphatic carbocycles. The molecule has 9 nitrogen and oxygen atoms in total. The fraction of sp³-hybridized carbons (Fsp3) is 0.172. The van der Waals surface area contributed by atoms with Crippen LogP contribution in [-0.4, -0.2) is 44.9 Å². The van der Waals surface area contributed by atoms with Crippen molar-refractivity contribution >= 4 is 33.2 Å². The number of carbonyl (C=O) groups is 1. The third-order valence-electron chi connectivity index (χ3n) is 5.71. The number of nitriles is 1. The minimum absolute atomic E-state index is 0.0180. The number of benzene rings is 3. The number of ether oxygens (including phenoxy) is 1. The number of carbonyl (C=O) groups excluding carboxylic acids is 1. The lowest BCUT2D eigenvalue weighted by Crippen LogP contribution is -2.23. The number of pyridine rings is 1. The van der Waals surface area contributed by atoms with Gasteiger partial charge in [-0.2, -0.15) is 13.7 Å². The molecule has 0 amide bonds. The number of aryl methyl sites for hydroxylation is 1. The molecule has 0 aliphatic heterocycles. The summed E-state index contributed by atoms with van der Waals surface area (Å²) in [6.07, 6.45) is 2.42. The highest BCUT2D eigenvalue weighted by Gasteiger charge is 2.20. The molecule has 3 aromatic carbocycles. The van der Waals surface area contributed by atoms with E-state index in [-0.39, 0.29) is 30.1 Å². The van der Waals surface area contributed by atoms with E-state index in [2.05, 4.69) is 10.1 Å². The van der Waals surface area contributed by atoms with Gasteiger partial charge in [-0.05, 0) is 49.4 Å². The van der Waals surface area contributed by atoms with Crippen molar-refractivity contribution in [3.8, 4) is 6.07 Å². The summed E-state index contributed by atoms with van der Waals surface area (Å²) in [6, 6.07) is 23.7. The Hall–Kier alpha value is -4.59. The second kappa shape index (κ2) is 12.8. The van der Waals surface area contributed by atoms with Gasteiger partial charge < -0.3 is 9.57 Å². The van der Waals surface area contributed by atoms with Crippen LogP contribution in [0.15, 0.2) is 95.1 Å². The Labute approximate surface area is 226 Å². The van der Waals surface area contributed by atoms with Gasteiger partial charge in [0, 0.05) is 23.6 Å². The smallest absolute Gasteiger partial charge is 0.338 e. The van der Waals surface area contributed by atoms with Crippen molar-refractivity contribution in [2.24, 2.45) is 5.16 Å². The maximum atomic E-state index is 12.7. The number of rotatable bonds is 11. The number of esters is 1. The summed E-state index contributed by atoms with van der Waals surface area (Å²) in [5.41, 5.74) is 3.07. The van der Waals surface area contributed by atoms with Gasteiger partial charge in [0.25, 0.3) is 10.1 Å². The quantitative estimate of drug-likeness (QED) is 0.114. The molecule has 198 valence electrons. The molecule has 0 saturated heterocycles. The van der Waals surface area contributed by atoms with Crippen LogP contribution in [0, 0.1) is 18.3 Å². The second-order valence-electron chi connectivity index (χ2n) is 8.55. The first-order valence-corrected chi connectivity index (χ1v) is 13.4. The van der Waals surface area contributed by atoms with Gasteiger partial charge in [-0.15, -0.1) is 0 Å². The Morgan fingerprint density at radius 3 is 2.54 bits per heavy atom. The van der Waals surface area contributed by atoms with E-state index in [0.717, 1.165) is 16.5 Å². The Morgan fingerprint density at radius 2 is 1.79 bits per heavy atom. The molecule has 1 heterocycles. The van der Waals surface area contributed by atoms with Crippen LogP contribution in [0.5, 0.6) is 0 Å². The molecule has 0 saturated carbocycles.